The van der Waals surface area contributed by atoms with Crippen LogP contribution in [-0.2, 0) is 14.0 Å². The second kappa shape index (κ2) is 28.9. The molecule has 9 aromatic rings. The third kappa shape index (κ3) is 12.7. The second-order valence-electron chi connectivity index (χ2n) is 22.5. The Balaban J connectivity index is 1.49. The molecule has 9 aromatic carbocycles. The monoisotopic (exact) mass is 1150 g/mol. The van der Waals surface area contributed by atoms with Crippen molar-refractivity contribution in [2.75, 3.05) is 0 Å². The van der Waals surface area contributed by atoms with Crippen LogP contribution < -0.4 is 0 Å². The smallest absolute Gasteiger partial charge is 0.371 e. The van der Waals surface area contributed by atoms with E-state index in [1.807, 2.05) is 164 Å². The van der Waals surface area contributed by atoms with E-state index in [0.717, 1.165) is 66.8 Å². The Morgan fingerprint density at radius 1 is 0.250 bits per heavy atom. The Morgan fingerprint density at radius 3 is 0.523 bits per heavy atom. The fraction of sp³-hybridized carbons (Fsp3) is 0.143. The number of hydrogen-bond acceptors (Lipinski definition) is 3. The molecule has 0 aliphatic rings. The van der Waals surface area contributed by atoms with Crippen LogP contribution in [-0.4, -0.2) is 24.1 Å². The third-order valence-electron chi connectivity index (χ3n) is 17.7. The molecule has 0 heterocycles. The summed E-state index contributed by atoms with van der Waals surface area (Å²) >= 11 is 0. The van der Waals surface area contributed by atoms with Crippen molar-refractivity contribution in [3.63, 3.8) is 0 Å². The molecule has 3 unspecified atom stereocenters. The quantitative estimate of drug-likeness (QED) is 0.0420. The average molecular weight is 1150 g/mol. The van der Waals surface area contributed by atoms with Crippen molar-refractivity contribution >= 4 is 57.5 Å². The topological polar surface area (TPSA) is 27.7 Å². The van der Waals surface area contributed by atoms with Crippen LogP contribution in [0.5, 0.6) is 0 Å². The molecule has 0 radical (unpaired) electrons. The first kappa shape index (κ1) is 63.1. The van der Waals surface area contributed by atoms with E-state index in [1.165, 1.54) is 0 Å². The molecule has 3 atom stereocenters. The first-order chi connectivity index (χ1) is 42.8. The van der Waals surface area contributed by atoms with Crippen molar-refractivity contribution in [3.05, 3.63) is 382 Å². The van der Waals surface area contributed by atoms with E-state index in [0.29, 0.717) is 52.7 Å². The zero-order valence-electron chi connectivity index (χ0n) is 51.5. The van der Waals surface area contributed by atoms with Crippen LogP contribution in [0.4, 0.5) is 0 Å². The molecule has 438 valence electrons. The van der Waals surface area contributed by atoms with Crippen molar-refractivity contribution in [3.8, 4) is 0 Å². The van der Waals surface area contributed by atoms with Crippen LogP contribution in [0.1, 0.15) is 90.1 Å². The van der Waals surface area contributed by atoms with E-state index in [1.54, 1.807) is 0 Å². The molecule has 0 fully saturated rings. The van der Waals surface area contributed by atoms with E-state index in [2.05, 4.69) is 130 Å². The van der Waals surface area contributed by atoms with Crippen molar-refractivity contribution in [2.45, 2.75) is 56.8 Å². The second-order valence-corrected chi connectivity index (χ2v) is 22.5. The highest BCUT2D eigenvalue weighted by atomic mass is 16.8. The molecule has 0 saturated heterocycles. The molecule has 0 aliphatic heterocycles. The molecule has 0 saturated carbocycles. The number of rotatable bonds is 30. The average Bonchev–Trinajstić information content (AvgIpc) is 0.954. The number of benzene rings is 9. The largest absolute Gasteiger partial charge is 0.642 e. The van der Waals surface area contributed by atoms with Gasteiger partial charge in [0, 0.05) is 17.8 Å². The predicted octanol–water partition coefficient (Wildman–Crippen LogP) is 21.7. The van der Waals surface area contributed by atoms with Crippen LogP contribution in [0, 0.1) is 17.8 Å². The Bertz CT molecular complexity index is 3310. The van der Waals surface area contributed by atoms with Gasteiger partial charge in [-0.1, -0.05) is 353 Å². The van der Waals surface area contributed by atoms with Crippen molar-refractivity contribution in [2.24, 2.45) is 17.8 Å². The number of hydrogen-bond donors (Lipinski definition) is 0. The summed E-state index contributed by atoms with van der Waals surface area (Å²) in [5, 5.41) is 0. The zero-order chi connectivity index (χ0) is 62.3. The highest BCUT2D eigenvalue weighted by Gasteiger charge is 2.59. The van der Waals surface area contributed by atoms with E-state index in [4.69, 9.17) is 73.2 Å². The molecule has 0 spiro atoms. The van der Waals surface area contributed by atoms with Gasteiger partial charge in [-0.2, -0.15) is 0 Å². The minimum absolute atomic E-state index is 0.500. The SMILES string of the molecule is C=C(c1ccccc1)C(CC)C(OB(OC(C(=C)c1ccccc1)(C(=C)c1ccccc1)C(CC)C(=C)c1ccccc1)OC(C(=C)c1ccccc1)(C(=C)c1ccccc1)C(CC)C(=C)c1ccccc1)(C(=C)c1ccccc1)C(=C)c1ccccc1. The molecule has 0 aromatic heterocycles. The first-order valence-electron chi connectivity index (χ1n) is 30.5. The van der Waals surface area contributed by atoms with Crippen molar-refractivity contribution < 1.29 is 14.0 Å². The summed E-state index contributed by atoms with van der Waals surface area (Å²) in [6, 6.07) is 92.0. The lowest BCUT2D eigenvalue weighted by molar-refractivity contribution is -0.0301. The van der Waals surface area contributed by atoms with Gasteiger partial charge in [0.25, 0.3) is 0 Å². The van der Waals surface area contributed by atoms with Gasteiger partial charge in [-0.15, -0.1) is 0 Å². The lowest BCUT2D eigenvalue weighted by Crippen LogP contribution is -2.58. The summed E-state index contributed by atoms with van der Waals surface area (Å²) in [4.78, 5) is 0. The van der Waals surface area contributed by atoms with E-state index in [-0.39, 0.29) is 0 Å². The molecule has 4 heteroatoms. The van der Waals surface area contributed by atoms with Gasteiger partial charge in [0.05, 0.1) is 0 Å². The molecule has 0 bridgehead atoms. The van der Waals surface area contributed by atoms with E-state index < -0.39 is 41.9 Å². The first-order valence-corrected chi connectivity index (χ1v) is 30.5. The normalized spacial score (nSPS) is 12.6. The summed E-state index contributed by atoms with van der Waals surface area (Å²) in [6.07, 6.45) is 1.50. The maximum absolute atomic E-state index is 8.65. The molecule has 88 heavy (non-hydrogen) atoms. The van der Waals surface area contributed by atoms with Crippen LogP contribution >= 0.6 is 0 Å². The molecule has 0 aliphatic carbocycles. The van der Waals surface area contributed by atoms with Gasteiger partial charge in [-0.05, 0) is 119 Å². The minimum atomic E-state index is -1.77. The van der Waals surface area contributed by atoms with Gasteiger partial charge in [0.15, 0.2) is 0 Å². The van der Waals surface area contributed by atoms with E-state index in [9.17, 15) is 0 Å². The lowest BCUT2D eigenvalue weighted by atomic mass is 9.65. The Kier molecular flexibility index (Phi) is 20.7. The predicted molar refractivity (Wildman–Crippen MR) is 378 cm³/mol. The zero-order valence-corrected chi connectivity index (χ0v) is 51.5. The van der Waals surface area contributed by atoms with E-state index >= 15 is 0 Å². The van der Waals surface area contributed by atoms with Gasteiger partial charge in [0.2, 0.25) is 0 Å². The van der Waals surface area contributed by atoms with Gasteiger partial charge < -0.3 is 14.0 Å². The molecule has 0 amide bonds. The van der Waals surface area contributed by atoms with Crippen LogP contribution in [0.2, 0.25) is 0 Å². The fourth-order valence-electron chi connectivity index (χ4n) is 13.0. The maximum atomic E-state index is 8.65. The summed E-state index contributed by atoms with van der Waals surface area (Å²) in [7, 11) is -1.77. The minimum Gasteiger partial charge on any atom is -0.371 e. The van der Waals surface area contributed by atoms with Gasteiger partial charge >= 0.3 is 7.32 Å². The molecule has 3 nitrogen and oxygen atoms in total. The lowest BCUT2D eigenvalue weighted by Gasteiger charge is -2.52. The van der Waals surface area contributed by atoms with Crippen LogP contribution in [0.25, 0.3) is 50.2 Å². The van der Waals surface area contributed by atoms with Gasteiger partial charge in [0.1, 0.15) is 16.8 Å². The summed E-state index contributed by atoms with van der Waals surface area (Å²) in [5.41, 5.74) is 8.69. The van der Waals surface area contributed by atoms with Gasteiger partial charge in [-0.3, -0.25) is 0 Å². The maximum Gasteiger partial charge on any atom is 0.642 e. The highest BCUT2D eigenvalue weighted by Crippen LogP contribution is 2.58. The van der Waals surface area contributed by atoms with Crippen molar-refractivity contribution in [1.82, 2.24) is 0 Å². The Hall–Kier alpha value is -9.42. The van der Waals surface area contributed by atoms with Crippen LogP contribution in [0.3, 0.4) is 0 Å². The van der Waals surface area contributed by atoms with Gasteiger partial charge in [-0.25, -0.2) is 0 Å². The molecular formula is C84H81BO3. The van der Waals surface area contributed by atoms with Crippen LogP contribution in [0.15, 0.2) is 332 Å². The van der Waals surface area contributed by atoms with Crippen molar-refractivity contribution in [1.29, 1.82) is 0 Å². The summed E-state index contributed by atoms with van der Waals surface area (Å²) in [5.74, 6) is -1.79. The Morgan fingerprint density at radius 2 is 0.386 bits per heavy atom. The highest BCUT2D eigenvalue weighted by molar-refractivity contribution is 6.39. The molecule has 9 rings (SSSR count). The summed E-state index contributed by atoms with van der Waals surface area (Å²) < 4.78 is 26.0. The Labute approximate surface area is 525 Å². The molecular weight excluding hydrogens is 1070 g/mol. The molecule has 0 N–H and O–H groups in total. The summed E-state index contributed by atoms with van der Waals surface area (Å²) in [6.45, 7) is 52.5. The third-order valence-corrected chi connectivity index (χ3v) is 17.7. The fourth-order valence-corrected chi connectivity index (χ4v) is 13.0. The standard InChI is InChI=1S/C84H81BO3/c1-13-79(61(4)70-43-25-16-26-44-70)82(64(7)73-49-31-19-32-50-73,65(8)74-51-33-20-34-52-74)86-85(87-83(66(9)75-53-35-21-36-54-75,67(10)76-55-37-22-38-56-76)80(14-2)62(5)71-45-27-17-28-46-71)88-84(68(11)77-57-39-23-40-58-77,69(12)78-59-41-24-42-60-78)81(15-3)63(6)72-47-29-18-30-48-72/h16-60,79-81H,4-15H2,1-3H3.